The van der Waals surface area contributed by atoms with Crippen molar-refractivity contribution in [2.75, 3.05) is 0 Å². The van der Waals surface area contributed by atoms with Crippen LogP contribution in [0.2, 0.25) is 0 Å². The number of benzene rings is 6. The molecule has 0 atom stereocenters. The van der Waals surface area contributed by atoms with E-state index >= 15 is 0 Å². The van der Waals surface area contributed by atoms with Crippen LogP contribution in [0.4, 0.5) is 22.7 Å². The Balaban J connectivity index is 0.00000310. The number of hydrogen-bond acceptors (Lipinski definition) is 18. The number of rotatable bonds is 10. The van der Waals surface area contributed by atoms with Crippen LogP contribution in [0, 0.1) is 0 Å². The van der Waals surface area contributed by atoms with Crippen molar-refractivity contribution in [3.63, 3.8) is 0 Å². The Morgan fingerprint density at radius 3 is 1.10 bits per heavy atom. The van der Waals surface area contributed by atoms with Gasteiger partial charge in [-0.1, -0.05) is 72.2 Å². The van der Waals surface area contributed by atoms with Gasteiger partial charge >= 0.3 is 63.7 Å². The van der Waals surface area contributed by atoms with Gasteiger partial charge in [0.05, 0.1) is 42.3 Å². The summed E-state index contributed by atoms with van der Waals surface area (Å²) in [5.41, 5.74) is -1.59. The molecule has 0 aliphatic rings. The Morgan fingerprint density at radius 2 is 0.780 bits per heavy atom. The van der Waals surface area contributed by atoms with Gasteiger partial charge in [-0.3, -0.25) is 0 Å². The molecule has 0 fully saturated rings. The summed E-state index contributed by atoms with van der Waals surface area (Å²) in [6.07, 6.45) is 2.05. The van der Waals surface area contributed by atoms with Crippen molar-refractivity contribution in [1.82, 2.24) is 0 Å². The Kier molecular flexibility index (Phi) is 15.7. The molecule has 0 unspecified atom stereocenters. The SMILES string of the molecule is O=S(=O)([O-])c1ccc2c(N=Nc3ccc(/C=C\c4ccc(N=Nc5c([O-])ccc6cc(S(=O)(=O)[O-])ccc56)cc4S(=O)(=O)[O-])c(S(=O)(=O)[O-])c3)c([O-])ccc2c1.[Cu+2].[Cu+2].[Na+]. The summed E-state index contributed by atoms with van der Waals surface area (Å²) in [5, 5.41) is 41.1. The second-order valence-corrected chi connectivity index (χ2v) is 17.0. The molecule has 0 bridgehead atoms. The van der Waals surface area contributed by atoms with Crippen LogP contribution in [0.1, 0.15) is 11.1 Å². The first-order chi connectivity index (χ1) is 26.1. The minimum absolute atomic E-state index is 0. The summed E-state index contributed by atoms with van der Waals surface area (Å²) >= 11 is 0. The van der Waals surface area contributed by atoms with Gasteiger partial charge in [0.25, 0.3) is 0 Å². The maximum atomic E-state index is 12.6. The molecule has 0 heterocycles. The Hall–Kier alpha value is -3.94. The summed E-state index contributed by atoms with van der Waals surface area (Å²) in [7, 11) is -20.1. The molecule has 0 aliphatic carbocycles. The summed E-state index contributed by atoms with van der Waals surface area (Å²) in [6, 6.07) is 17.2. The largest absolute Gasteiger partial charge is 2.00 e. The van der Waals surface area contributed by atoms with Gasteiger partial charge in [0.1, 0.15) is 40.5 Å². The topological polar surface area (TPSA) is 324 Å². The van der Waals surface area contributed by atoms with Gasteiger partial charge in [-0.2, -0.15) is 20.5 Å². The summed E-state index contributed by atoms with van der Waals surface area (Å²) in [5.74, 6) is -1.32. The zero-order valence-electron chi connectivity index (χ0n) is 29.1. The predicted octanol–water partition coefficient (Wildman–Crippen LogP) is 1.76. The van der Waals surface area contributed by atoms with E-state index < -0.39 is 71.6 Å². The molecule has 0 aromatic heterocycles. The monoisotopic (exact) mass is 983 g/mol. The van der Waals surface area contributed by atoms with Crippen LogP contribution in [0.15, 0.2) is 137 Å². The first-order valence-electron chi connectivity index (χ1n) is 15.2. The molecular formula is C34H18Cu2N4NaO14S4-. The molecule has 6 rings (SSSR count). The van der Waals surface area contributed by atoms with Crippen LogP contribution in [-0.4, -0.2) is 51.9 Å². The quantitative estimate of drug-likeness (QED) is 0.0818. The molecule has 18 nitrogen and oxygen atoms in total. The average Bonchev–Trinajstić information content (AvgIpc) is 3.11. The maximum absolute atomic E-state index is 12.6. The molecule has 0 saturated heterocycles. The summed E-state index contributed by atoms with van der Waals surface area (Å²) < 4.78 is 142. The maximum Gasteiger partial charge on any atom is 2.00 e. The van der Waals surface area contributed by atoms with Crippen molar-refractivity contribution < 1.29 is 126 Å². The second kappa shape index (κ2) is 18.8. The van der Waals surface area contributed by atoms with Gasteiger partial charge in [0.15, 0.2) is 0 Å². The Bertz CT molecular complexity index is 2970. The second-order valence-electron chi connectivity index (χ2n) is 11.6. The minimum Gasteiger partial charge on any atom is -0.871 e. The van der Waals surface area contributed by atoms with E-state index in [4.69, 9.17) is 0 Å². The Labute approximate surface area is 379 Å². The number of nitrogens with zero attached hydrogens (tertiary/aromatic N) is 4. The van der Waals surface area contributed by atoms with E-state index in [0.717, 1.165) is 72.8 Å². The molecule has 0 amide bonds. The van der Waals surface area contributed by atoms with E-state index in [9.17, 15) is 62.1 Å². The van der Waals surface area contributed by atoms with Crippen LogP contribution < -0.4 is 39.8 Å². The minimum atomic E-state index is -5.24. The van der Waals surface area contributed by atoms with Crippen molar-refractivity contribution in [2.45, 2.75) is 19.6 Å². The number of fused-ring (bicyclic) bond motifs is 2. The fourth-order valence-corrected chi connectivity index (χ4v) is 7.73. The molecule has 2 radical (unpaired) electrons. The average molecular weight is 985 g/mol. The molecule has 0 N–H and O–H groups in total. The normalized spacial score (nSPS) is 12.5. The van der Waals surface area contributed by atoms with Gasteiger partial charge < -0.3 is 28.4 Å². The first kappa shape index (κ1) is 49.4. The molecular weight excluding hydrogens is 967 g/mol. The molecule has 0 spiro atoms. The van der Waals surface area contributed by atoms with Gasteiger partial charge in [0, 0.05) is 10.8 Å². The fraction of sp³-hybridized carbons (Fsp3) is 0. The summed E-state index contributed by atoms with van der Waals surface area (Å²) in [6.45, 7) is 0. The van der Waals surface area contributed by atoms with E-state index in [1.54, 1.807) is 0 Å². The van der Waals surface area contributed by atoms with Gasteiger partial charge in [-0.25, -0.2) is 33.7 Å². The number of hydrogen-bond donors (Lipinski definition) is 0. The Morgan fingerprint density at radius 1 is 0.424 bits per heavy atom. The van der Waals surface area contributed by atoms with Crippen molar-refractivity contribution in [1.29, 1.82) is 0 Å². The molecule has 6 aromatic carbocycles. The standard InChI is InChI=1S/C34H24N4O14S4.2Cu.Na/c39-29-13-5-21-15-25(53(41,42)43)9-11-27(21)33(29)37-35-23-7-3-19(31(17-23)55(47,48)49)1-2-20-4-8-24(18-32(20)56(50,51)52)36-38-34-28-12-10-26(54(44,45)46)16-22(28)6-14-30(34)40;;;/h1-18,39-40H,(H,41,42,43)(H,44,45,46)(H,47,48,49)(H,50,51,52);;;/q;2*+2;+1/p-6/b2-1-,37-35?,38-36?;;;. The first-order valence-corrected chi connectivity index (χ1v) is 20.8. The third kappa shape index (κ3) is 11.5. The zero-order valence-corrected chi connectivity index (χ0v) is 36.3. The molecule has 25 heteroatoms. The van der Waals surface area contributed by atoms with Crippen molar-refractivity contribution in [3.8, 4) is 11.5 Å². The summed E-state index contributed by atoms with van der Waals surface area (Å²) in [4.78, 5) is -2.81. The molecule has 0 saturated carbocycles. The van der Waals surface area contributed by atoms with Gasteiger partial charge in [0.2, 0.25) is 0 Å². The molecule has 59 heavy (non-hydrogen) atoms. The van der Waals surface area contributed by atoms with Crippen LogP contribution in [-0.2, 0) is 74.6 Å². The van der Waals surface area contributed by atoms with Gasteiger partial charge in [-0.05, 0) is 70.4 Å². The number of azo groups is 2. The molecule has 6 aromatic rings. The van der Waals surface area contributed by atoms with Crippen LogP contribution in [0.25, 0.3) is 33.7 Å². The van der Waals surface area contributed by atoms with Crippen molar-refractivity contribution in [3.05, 3.63) is 108 Å². The van der Waals surface area contributed by atoms with Crippen LogP contribution in [0.3, 0.4) is 0 Å². The van der Waals surface area contributed by atoms with E-state index in [1.807, 2.05) is 0 Å². The zero-order chi connectivity index (χ0) is 40.8. The van der Waals surface area contributed by atoms with Crippen LogP contribution >= 0.6 is 0 Å². The fourth-order valence-electron chi connectivity index (χ4n) is 5.33. The third-order valence-corrected chi connectivity index (χ3v) is 11.4. The van der Waals surface area contributed by atoms with Gasteiger partial charge in [-0.15, -0.1) is 0 Å². The van der Waals surface area contributed by atoms with E-state index in [2.05, 4.69) is 20.5 Å². The van der Waals surface area contributed by atoms with Crippen molar-refractivity contribution >= 4 is 96.9 Å². The molecule has 306 valence electrons. The van der Waals surface area contributed by atoms with Crippen molar-refractivity contribution in [2.24, 2.45) is 20.5 Å². The van der Waals surface area contributed by atoms with E-state index in [1.165, 1.54) is 36.4 Å². The van der Waals surface area contributed by atoms with E-state index in [0.29, 0.717) is 0 Å². The van der Waals surface area contributed by atoms with E-state index in [-0.39, 0.29) is 119 Å². The third-order valence-electron chi connectivity index (χ3n) is 7.94. The smallest absolute Gasteiger partial charge is 0.871 e. The van der Waals surface area contributed by atoms with Crippen LogP contribution in [0.5, 0.6) is 11.5 Å². The predicted molar refractivity (Wildman–Crippen MR) is 189 cm³/mol. The molecule has 0 aliphatic heterocycles.